The van der Waals surface area contributed by atoms with Gasteiger partial charge in [-0.25, -0.2) is 9.97 Å². The summed E-state index contributed by atoms with van der Waals surface area (Å²) >= 11 is 0. The van der Waals surface area contributed by atoms with E-state index in [2.05, 4.69) is 36.9 Å². The first-order chi connectivity index (χ1) is 14.8. The standard InChI is InChI=1S/C22H24N6O2/c29-22-18-15-27(8-5-19(18)25-21(26-22)17-3-6-23-7-4-17)14-16-1-2-20(24-13-16)28-9-11-30-12-10-28/h1-4,6-7,13H,5,8-12,14-15H2,(H,25,26,29). The first kappa shape index (κ1) is 18.9. The van der Waals surface area contributed by atoms with Crippen molar-refractivity contribution in [3.63, 3.8) is 0 Å². The van der Waals surface area contributed by atoms with Crippen LogP contribution in [0.2, 0.25) is 0 Å². The molecule has 30 heavy (non-hydrogen) atoms. The minimum absolute atomic E-state index is 0.0581. The second-order valence-corrected chi connectivity index (χ2v) is 7.66. The molecule has 3 aromatic rings. The Labute approximate surface area is 174 Å². The zero-order valence-electron chi connectivity index (χ0n) is 16.8. The third kappa shape index (κ3) is 3.96. The van der Waals surface area contributed by atoms with Crippen molar-refractivity contribution in [2.45, 2.75) is 19.5 Å². The van der Waals surface area contributed by atoms with Crippen molar-refractivity contribution < 1.29 is 4.74 Å². The smallest absolute Gasteiger partial charge is 0.255 e. The number of anilines is 1. The zero-order valence-corrected chi connectivity index (χ0v) is 16.8. The van der Waals surface area contributed by atoms with E-state index >= 15 is 0 Å². The third-order valence-electron chi connectivity index (χ3n) is 5.65. The molecule has 5 rings (SSSR count). The van der Waals surface area contributed by atoms with Crippen molar-refractivity contribution in [2.24, 2.45) is 0 Å². The average molecular weight is 404 g/mol. The van der Waals surface area contributed by atoms with Crippen molar-refractivity contribution in [3.05, 3.63) is 70.0 Å². The van der Waals surface area contributed by atoms with Crippen molar-refractivity contribution in [2.75, 3.05) is 37.7 Å². The molecular formula is C22H24N6O2. The van der Waals surface area contributed by atoms with Gasteiger partial charge in [0.25, 0.3) is 5.56 Å². The Hall–Kier alpha value is -3.10. The lowest BCUT2D eigenvalue weighted by molar-refractivity contribution is 0.122. The number of rotatable bonds is 4. The maximum absolute atomic E-state index is 12.7. The van der Waals surface area contributed by atoms with E-state index in [1.807, 2.05) is 18.3 Å². The molecule has 0 radical (unpaired) electrons. The number of nitrogens with one attached hydrogen (secondary N) is 1. The van der Waals surface area contributed by atoms with Gasteiger partial charge in [-0.1, -0.05) is 6.07 Å². The molecule has 3 aromatic heterocycles. The highest BCUT2D eigenvalue weighted by atomic mass is 16.5. The van der Waals surface area contributed by atoms with E-state index in [1.165, 1.54) is 0 Å². The molecule has 8 heteroatoms. The molecule has 154 valence electrons. The number of aromatic nitrogens is 4. The lowest BCUT2D eigenvalue weighted by atomic mass is 10.1. The molecule has 8 nitrogen and oxygen atoms in total. The molecule has 0 bridgehead atoms. The Morgan fingerprint density at radius 2 is 1.90 bits per heavy atom. The second-order valence-electron chi connectivity index (χ2n) is 7.66. The van der Waals surface area contributed by atoms with Gasteiger partial charge >= 0.3 is 0 Å². The van der Waals surface area contributed by atoms with Gasteiger partial charge in [0, 0.05) is 63.3 Å². The lowest BCUT2D eigenvalue weighted by Gasteiger charge is -2.29. The molecule has 1 fully saturated rings. The Balaban J connectivity index is 1.28. The SMILES string of the molecule is O=c1[nH]c(-c2ccncc2)nc2c1CN(Cc1ccc(N3CCOCC3)nc1)CC2. The number of hydrogen-bond donors (Lipinski definition) is 1. The fraction of sp³-hybridized carbons (Fsp3) is 0.364. The molecule has 0 aliphatic carbocycles. The lowest BCUT2D eigenvalue weighted by Crippen LogP contribution is -2.37. The van der Waals surface area contributed by atoms with E-state index in [0.717, 1.165) is 74.0 Å². The quantitative estimate of drug-likeness (QED) is 0.707. The van der Waals surface area contributed by atoms with Crippen molar-refractivity contribution in [3.8, 4) is 11.4 Å². The monoisotopic (exact) mass is 404 g/mol. The zero-order chi connectivity index (χ0) is 20.3. The number of H-pyrrole nitrogens is 1. The van der Waals surface area contributed by atoms with Gasteiger partial charge in [-0.05, 0) is 23.8 Å². The van der Waals surface area contributed by atoms with E-state index in [-0.39, 0.29) is 5.56 Å². The van der Waals surface area contributed by atoms with Gasteiger partial charge in [0.05, 0.1) is 24.5 Å². The van der Waals surface area contributed by atoms with Gasteiger partial charge < -0.3 is 14.6 Å². The molecule has 2 aliphatic rings. The summed E-state index contributed by atoms with van der Waals surface area (Å²) in [6, 6.07) is 7.91. The van der Waals surface area contributed by atoms with Crippen LogP contribution in [0, 0.1) is 0 Å². The van der Waals surface area contributed by atoms with Gasteiger partial charge in [0.15, 0.2) is 0 Å². The number of morpholine rings is 1. The highest BCUT2D eigenvalue weighted by molar-refractivity contribution is 5.54. The minimum Gasteiger partial charge on any atom is -0.378 e. The summed E-state index contributed by atoms with van der Waals surface area (Å²) in [6.07, 6.45) is 6.11. The van der Waals surface area contributed by atoms with Crippen molar-refractivity contribution in [1.29, 1.82) is 0 Å². The summed E-state index contributed by atoms with van der Waals surface area (Å²) in [5.74, 6) is 1.60. The predicted molar refractivity (Wildman–Crippen MR) is 113 cm³/mol. The number of aromatic amines is 1. The Kier molecular flexibility index (Phi) is 5.25. The van der Waals surface area contributed by atoms with Crippen LogP contribution < -0.4 is 10.5 Å². The van der Waals surface area contributed by atoms with Gasteiger partial charge in [-0.15, -0.1) is 0 Å². The molecule has 0 aromatic carbocycles. The summed E-state index contributed by atoms with van der Waals surface area (Å²) in [4.78, 5) is 33.5. The summed E-state index contributed by atoms with van der Waals surface area (Å²) in [5, 5.41) is 0. The van der Waals surface area contributed by atoms with Crippen LogP contribution in [0.25, 0.3) is 11.4 Å². The van der Waals surface area contributed by atoms with Gasteiger partial charge in [-0.3, -0.25) is 14.7 Å². The summed E-state index contributed by atoms with van der Waals surface area (Å²) in [5.41, 5.74) is 3.61. The summed E-state index contributed by atoms with van der Waals surface area (Å²) < 4.78 is 5.40. The largest absolute Gasteiger partial charge is 0.378 e. The average Bonchev–Trinajstić information content (AvgIpc) is 2.81. The topological polar surface area (TPSA) is 87.2 Å². The van der Waals surface area contributed by atoms with Crippen molar-refractivity contribution in [1.82, 2.24) is 24.8 Å². The number of hydrogen-bond acceptors (Lipinski definition) is 7. The maximum atomic E-state index is 12.7. The molecule has 0 saturated carbocycles. The number of pyridine rings is 2. The summed E-state index contributed by atoms with van der Waals surface area (Å²) in [7, 11) is 0. The Bertz CT molecular complexity index is 1060. The summed E-state index contributed by atoms with van der Waals surface area (Å²) in [6.45, 7) is 5.49. The third-order valence-corrected chi connectivity index (χ3v) is 5.65. The highest BCUT2D eigenvalue weighted by Gasteiger charge is 2.22. The highest BCUT2D eigenvalue weighted by Crippen LogP contribution is 2.20. The molecule has 1 N–H and O–H groups in total. The normalized spacial score (nSPS) is 17.0. The molecule has 0 amide bonds. The predicted octanol–water partition coefficient (Wildman–Crippen LogP) is 1.62. The second kappa shape index (κ2) is 8.33. The fourth-order valence-electron chi connectivity index (χ4n) is 4.01. The van der Waals surface area contributed by atoms with Gasteiger partial charge in [-0.2, -0.15) is 0 Å². The number of nitrogens with zero attached hydrogens (tertiary/aromatic N) is 5. The van der Waals surface area contributed by atoms with E-state index in [1.54, 1.807) is 12.4 Å². The first-order valence-corrected chi connectivity index (χ1v) is 10.3. The van der Waals surface area contributed by atoms with E-state index in [4.69, 9.17) is 9.72 Å². The molecule has 2 aliphatic heterocycles. The van der Waals surface area contributed by atoms with Crippen LogP contribution in [0.5, 0.6) is 0 Å². The van der Waals surface area contributed by atoms with Crippen LogP contribution in [-0.4, -0.2) is 57.7 Å². The van der Waals surface area contributed by atoms with Crippen LogP contribution in [-0.2, 0) is 24.2 Å². The minimum atomic E-state index is -0.0581. The van der Waals surface area contributed by atoms with Crippen LogP contribution in [0.1, 0.15) is 16.8 Å². The van der Waals surface area contributed by atoms with Crippen LogP contribution in [0.3, 0.4) is 0 Å². The molecule has 0 unspecified atom stereocenters. The van der Waals surface area contributed by atoms with Gasteiger partial charge in [0.1, 0.15) is 11.6 Å². The Morgan fingerprint density at radius 3 is 2.67 bits per heavy atom. The molecule has 0 spiro atoms. The maximum Gasteiger partial charge on any atom is 0.255 e. The Morgan fingerprint density at radius 1 is 1.07 bits per heavy atom. The van der Waals surface area contributed by atoms with E-state index in [0.29, 0.717) is 12.4 Å². The molecule has 5 heterocycles. The van der Waals surface area contributed by atoms with E-state index < -0.39 is 0 Å². The molecule has 0 atom stereocenters. The molecular weight excluding hydrogens is 380 g/mol. The van der Waals surface area contributed by atoms with Gasteiger partial charge in [0.2, 0.25) is 0 Å². The van der Waals surface area contributed by atoms with Crippen LogP contribution in [0.15, 0.2) is 47.7 Å². The van der Waals surface area contributed by atoms with Crippen LogP contribution >= 0.6 is 0 Å². The van der Waals surface area contributed by atoms with Crippen molar-refractivity contribution >= 4 is 5.82 Å². The number of fused-ring (bicyclic) bond motifs is 1. The first-order valence-electron chi connectivity index (χ1n) is 10.3. The van der Waals surface area contributed by atoms with E-state index in [9.17, 15) is 4.79 Å². The van der Waals surface area contributed by atoms with Crippen LogP contribution in [0.4, 0.5) is 5.82 Å². The molecule has 1 saturated heterocycles. The fourth-order valence-corrected chi connectivity index (χ4v) is 4.01. The number of ether oxygens (including phenoxy) is 1.